The van der Waals surface area contributed by atoms with Crippen molar-refractivity contribution in [3.05, 3.63) is 24.3 Å². The van der Waals surface area contributed by atoms with E-state index in [-0.39, 0.29) is 23.6 Å². The Labute approximate surface area is 275 Å². The van der Waals surface area contributed by atoms with E-state index >= 15 is 0 Å². The molecule has 4 saturated heterocycles. The highest BCUT2D eigenvalue weighted by atomic mass is 32.2. The Kier molecular flexibility index (Phi) is 11.2. The van der Waals surface area contributed by atoms with Gasteiger partial charge in [0.2, 0.25) is 23.6 Å². The minimum atomic E-state index is -1.14. The summed E-state index contributed by atoms with van der Waals surface area (Å²) in [5, 5.41) is -1.67. The van der Waals surface area contributed by atoms with Crippen molar-refractivity contribution in [3.63, 3.8) is 0 Å². The van der Waals surface area contributed by atoms with Crippen molar-refractivity contribution in [2.24, 2.45) is 0 Å². The molecule has 4 aliphatic rings. The van der Waals surface area contributed by atoms with E-state index in [0.29, 0.717) is 126 Å². The molecule has 6 rings (SSSR count). The van der Waals surface area contributed by atoms with E-state index < -0.39 is 10.5 Å². The maximum Gasteiger partial charge on any atom is 0.245 e. The number of rotatable bonds is 8. The molecule has 14 nitrogen and oxygen atoms in total. The maximum absolute atomic E-state index is 14.0. The van der Waals surface area contributed by atoms with E-state index in [9.17, 15) is 19.2 Å². The molecule has 0 N–H and O–H groups in total. The first-order valence-corrected chi connectivity index (χ1v) is 17.3. The molecule has 0 radical (unpaired) electrons. The van der Waals surface area contributed by atoms with Crippen molar-refractivity contribution in [1.82, 2.24) is 29.6 Å². The standard InChI is InChI=1S/C30H38N6O8S2/c37-27(33-5-13-41-14-6-33)23(28(38)34-7-15-42-16-8-34)45-25-26(32-22-4-2-1-3-21(22)31-25)46-24(29(39)35-9-17-43-18-10-35)30(40)36-11-19-44-20-12-36/h1-4,23-24H,5-20H2. The number of morpholine rings is 4. The summed E-state index contributed by atoms with van der Waals surface area (Å²) >= 11 is 2.04. The van der Waals surface area contributed by atoms with E-state index in [1.165, 1.54) is 0 Å². The van der Waals surface area contributed by atoms with Crippen molar-refractivity contribution < 1.29 is 38.1 Å². The summed E-state index contributed by atoms with van der Waals surface area (Å²) in [5.74, 6) is -1.33. The number of fused-ring (bicyclic) bond motifs is 1. The van der Waals surface area contributed by atoms with Crippen LogP contribution >= 0.6 is 23.5 Å². The molecule has 0 spiro atoms. The molecule has 16 heteroatoms. The molecular formula is C30H38N6O8S2. The smallest absolute Gasteiger partial charge is 0.245 e. The Hall–Kier alpha value is -3.02. The van der Waals surface area contributed by atoms with E-state index in [1.54, 1.807) is 31.7 Å². The lowest BCUT2D eigenvalue weighted by molar-refractivity contribution is -0.145. The van der Waals surface area contributed by atoms with Gasteiger partial charge in [-0.3, -0.25) is 19.2 Å². The first kappa shape index (κ1) is 32.9. The summed E-state index contributed by atoms with van der Waals surface area (Å²) in [7, 11) is 0. The summed E-state index contributed by atoms with van der Waals surface area (Å²) in [5.41, 5.74) is 1.14. The fourth-order valence-corrected chi connectivity index (χ4v) is 7.89. The number of carbonyl (C=O) groups excluding carboxylic acids is 4. The van der Waals surface area contributed by atoms with E-state index in [1.807, 2.05) is 12.1 Å². The fourth-order valence-electron chi connectivity index (χ4n) is 5.56. The third-order valence-corrected chi connectivity index (χ3v) is 10.6. The van der Waals surface area contributed by atoms with Crippen LogP contribution in [-0.4, -0.2) is 169 Å². The second-order valence-electron chi connectivity index (χ2n) is 11.1. The number of ether oxygens (including phenoxy) is 4. The van der Waals surface area contributed by atoms with Crippen molar-refractivity contribution in [3.8, 4) is 0 Å². The van der Waals surface area contributed by atoms with Crippen LogP contribution in [0.2, 0.25) is 0 Å². The number of para-hydroxylation sites is 2. The topological polar surface area (TPSA) is 144 Å². The average Bonchev–Trinajstić information content (AvgIpc) is 3.13. The lowest BCUT2D eigenvalue weighted by Gasteiger charge is -2.34. The predicted molar refractivity (Wildman–Crippen MR) is 168 cm³/mol. The quantitative estimate of drug-likeness (QED) is 0.274. The minimum absolute atomic E-state index is 0.312. The van der Waals surface area contributed by atoms with Crippen LogP contribution in [0.5, 0.6) is 0 Å². The van der Waals surface area contributed by atoms with E-state index in [0.717, 1.165) is 23.5 Å². The van der Waals surface area contributed by atoms with Crippen molar-refractivity contribution in [2.75, 3.05) is 105 Å². The Morgan fingerprint density at radius 3 is 1.02 bits per heavy atom. The molecule has 248 valence electrons. The largest absolute Gasteiger partial charge is 0.378 e. The van der Waals surface area contributed by atoms with Gasteiger partial charge in [-0.05, 0) is 12.1 Å². The summed E-state index contributed by atoms with van der Waals surface area (Å²) < 4.78 is 21.8. The van der Waals surface area contributed by atoms with Gasteiger partial charge in [0.05, 0.1) is 63.9 Å². The maximum atomic E-state index is 14.0. The average molecular weight is 675 g/mol. The molecule has 1 aromatic carbocycles. The van der Waals surface area contributed by atoms with Gasteiger partial charge in [0, 0.05) is 52.4 Å². The minimum Gasteiger partial charge on any atom is -0.378 e. The van der Waals surface area contributed by atoms with Crippen molar-refractivity contribution in [1.29, 1.82) is 0 Å². The van der Waals surface area contributed by atoms with Crippen LogP contribution in [0.25, 0.3) is 11.0 Å². The van der Waals surface area contributed by atoms with Gasteiger partial charge >= 0.3 is 0 Å². The third-order valence-electron chi connectivity index (χ3n) is 8.16. The molecule has 4 amide bonds. The van der Waals surface area contributed by atoms with Gasteiger partial charge in [0.25, 0.3) is 0 Å². The molecule has 1 aromatic heterocycles. The van der Waals surface area contributed by atoms with Crippen LogP contribution < -0.4 is 0 Å². The Morgan fingerprint density at radius 1 is 0.500 bits per heavy atom. The fraction of sp³-hybridized carbons (Fsp3) is 0.600. The summed E-state index contributed by atoms with van der Waals surface area (Å²) in [6.45, 7) is 6.13. The van der Waals surface area contributed by atoms with E-state index in [2.05, 4.69) is 0 Å². The number of thioether (sulfide) groups is 2. The van der Waals surface area contributed by atoms with Crippen molar-refractivity contribution >= 4 is 58.2 Å². The van der Waals surface area contributed by atoms with Crippen LogP contribution in [0.1, 0.15) is 0 Å². The summed E-state index contributed by atoms with van der Waals surface area (Å²) in [6.07, 6.45) is 0. The molecule has 0 saturated carbocycles. The highest BCUT2D eigenvalue weighted by Gasteiger charge is 2.40. The molecule has 0 atom stereocenters. The first-order chi connectivity index (χ1) is 22.5. The van der Waals surface area contributed by atoms with Crippen LogP contribution in [0.4, 0.5) is 0 Å². The van der Waals surface area contributed by atoms with Gasteiger partial charge in [-0.25, -0.2) is 9.97 Å². The van der Waals surface area contributed by atoms with Gasteiger partial charge in [0.1, 0.15) is 10.1 Å². The second kappa shape index (κ2) is 15.7. The molecule has 5 heterocycles. The third kappa shape index (κ3) is 7.74. The summed E-state index contributed by atoms with van der Waals surface area (Å²) in [4.78, 5) is 72.3. The predicted octanol–water partition coefficient (Wildman–Crippen LogP) is -0.0136. The highest BCUT2D eigenvalue weighted by molar-refractivity contribution is 8.04. The Balaban J connectivity index is 1.36. The lowest BCUT2D eigenvalue weighted by atomic mass is 10.2. The zero-order chi connectivity index (χ0) is 31.9. The number of aromatic nitrogens is 2. The lowest BCUT2D eigenvalue weighted by Crippen LogP contribution is -2.52. The van der Waals surface area contributed by atoms with Gasteiger partial charge in [-0.1, -0.05) is 35.7 Å². The van der Waals surface area contributed by atoms with Crippen LogP contribution in [0.3, 0.4) is 0 Å². The molecule has 0 unspecified atom stereocenters. The number of amides is 4. The molecule has 2 aromatic rings. The Bertz CT molecular complexity index is 1250. The normalized spacial score (nSPS) is 19.6. The van der Waals surface area contributed by atoms with Gasteiger partial charge in [-0.2, -0.15) is 0 Å². The highest BCUT2D eigenvalue weighted by Crippen LogP contribution is 2.37. The Morgan fingerprint density at radius 2 is 0.761 bits per heavy atom. The van der Waals surface area contributed by atoms with E-state index in [4.69, 9.17) is 28.9 Å². The van der Waals surface area contributed by atoms with Crippen LogP contribution in [0, 0.1) is 0 Å². The molecule has 0 aliphatic carbocycles. The molecular weight excluding hydrogens is 636 g/mol. The van der Waals surface area contributed by atoms with Gasteiger partial charge in [0.15, 0.2) is 10.5 Å². The zero-order valence-corrected chi connectivity index (χ0v) is 27.2. The summed E-state index contributed by atoms with van der Waals surface area (Å²) in [6, 6.07) is 7.28. The number of nitrogens with zero attached hydrogens (tertiary/aromatic N) is 6. The molecule has 0 bridgehead atoms. The molecule has 4 fully saturated rings. The molecule has 46 heavy (non-hydrogen) atoms. The number of carbonyl (C=O) groups is 4. The molecule has 4 aliphatic heterocycles. The second-order valence-corrected chi connectivity index (χ2v) is 13.3. The van der Waals surface area contributed by atoms with Crippen LogP contribution in [0.15, 0.2) is 34.3 Å². The number of benzene rings is 1. The SMILES string of the molecule is O=C(C(Sc1nc2ccccc2nc1SC(C(=O)N1CCOCC1)C(=O)N1CCOCC1)C(=O)N1CCOCC1)N1CCOCC1. The van der Waals surface area contributed by atoms with Crippen molar-refractivity contribution in [2.45, 2.75) is 20.6 Å². The van der Waals surface area contributed by atoms with Gasteiger partial charge in [-0.15, -0.1) is 0 Å². The monoisotopic (exact) mass is 674 g/mol. The van der Waals surface area contributed by atoms with Gasteiger partial charge < -0.3 is 38.5 Å². The number of hydrogen-bond donors (Lipinski definition) is 0. The number of hydrogen-bond acceptors (Lipinski definition) is 12. The van der Waals surface area contributed by atoms with Crippen LogP contribution in [-0.2, 0) is 38.1 Å². The zero-order valence-electron chi connectivity index (χ0n) is 25.5. The first-order valence-electron chi connectivity index (χ1n) is 15.6.